The molecular formula is C79H130O17P2. The summed E-state index contributed by atoms with van der Waals surface area (Å²) >= 11 is 0. The van der Waals surface area contributed by atoms with Gasteiger partial charge < -0.3 is 33.8 Å². The van der Waals surface area contributed by atoms with Crippen molar-refractivity contribution in [1.82, 2.24) is 0 Å². The summed E-state index contributed by atoms with van der Waals surface area (Å²) in [6.45, 7) is 4.38. The topological polar surface area (TPSA) is 237 Å². The molecule has 0 aromatic carbocycles. The van der Waals surface area contributed by atoms with Gasteiger partial charge in [-0.1, -0.05) is 270 Å². The molecule has 0 saturated carbocycles. The molecule has 0 spiro atoms. The standard InChI is InChI=1S/C79H130O17P2/c1-5-9-13-17-21-25-29-32-34-35-36-37-39-41-45-48-52-56-60-64-77(82)90-70-75(96-79(84)66-62-58-54-50-46-42-38-33-30-26-22-18-14-10-6-2)72-94-98(87,88)92-68-73(80)67-91-97(85,86)93-71-74(95-78(83)65-61-57-53-49-43-28-24-20-16-12-8-4)69-89-76(81)63-59-55-51-47-44-40-31-27-23-19-15-11-7-3/h9-10,13-15,19,21-22,25-27,31-34,36-38,41,45-46,50,58,62,73-75,80H,5-8,11-12,16-18,20,23-24,28-30,35,39-40,42-44,47-49,51-57,59-61,63-72H2,1-4H3,(H,85,86)(H,87,88)/b13-9-,14-10-,19-15-,25-21-,26-22-,31-27-,34-32-,37-36-,38-33-,45-41-,50-46-,62-58-. The summed E-state index contributed by atoms with van der Waals surface area (Å²) in [7, 11) is -9.99. The van der Waals surface area contributed by atoms with Gasteiger partial charge in [-0.15, -0.1) is 0 Å². The van der Waals surface area contributed by atoms with Crippen LogP contribution in [-0.2, 0) is 65.4 Å². The summed E-state index contributed by atoms with van der Waals surface area (Å²) in [6.07, 6.45) is 78.9. The van der Waals surface area contributed by atoms with E-state index in [0.29, 0.717) is 25.7 Å². The summed E-state index contributed by atoms with van der Waals surface area (Å²) in [4.78, 5) is 72.7. The largest absolute Gasteiger partial charge is 0.472 e. The van der Waals surface area contributed by atoms with Crippen molar-refractivity contribution in [2.24, 2.45) is 0 Å². The highest BCUT2D eigenvalue weighted by atomic mass is 31.2. The molecule has 558 valence electrons. The van der Waals surface area contributed by atoms with Gasteiger partial charge >= 0.3 is 39.5 Å². The Bertz CT molecular complexity index is 2430. The zero-order valence-corrected chi connectivity index (χ0v) is 62.4. The number of ether oxygens (including phenoxy) is 4. The van der Waals surface area contributed by atoms with Crippen molar-refractivity contribution < 1.29 is 80.2 Å². The Balaban J connectivity index is 5.44. The SMILES string of the molecule is CC/C=C\C/C=C\C/C=C\C/C=C\C/C=C\CCCCCC(=O)OCC(COP(=O)(O)OCC(O)COP(=O)(O)OCC(COC(=O)CCCCCCC/C=C\C/C=C\CCC)OC(=O)CCCCCCCCCCCCC)OC(=O)C/C=C\C/C=C\C/C=C\C/C=C\C/C=C\CC. The molecule has 0 radical (unpaired) electrons. The van der Waals surface area contributed by atoms with Crippen LogP contribution in [0.25, 0.3) is 0 Å². The Morgan fingerprint density at radius 2 is 0.592 bits per heavy atom. The summed E-state index contributed by atoms with van der Waals surface area (Å²) in [5.74, 6) is -2.38. The average molecular weight is 1410 g/mol. The minimum absolute atomic E-state index is 0.0878. The normalized spacial score (nSPS) is 14.8. The third-order valence-electron chi connectivity index (χ3n) is 14.8. The summed E-state index contributed by atoms with van der Waals surface area (Å²) in [5, 5.41) is 10.6. The fourth-order valence-electron chi connectivity index (χ4n) is 9.24. The number of carbonyl (C=O) groups is 4. The average Bonchev–Trinajstić information content (AvgIpc) is 0.992. The van der Waals surface area contributed by atoms with Crippen LogP contribution in [0.1, 0.15) is 272 Å². The van der Waals surface area contributed by atoms with E-state index in [1.165, 1.54) is 38.5 Å². The van der Waals surface area contributed by atoms with E-state index in [4.69, 9.17) is 37.0 Å². The first kappa shape index (κ1) is 92.9. The van der Waals surface area contributed by atoms with Gasteiger partial charge in [-0.3, -0.25) is 37.3 Å². The molecule has 0 saturated heterocycles. The monoisotopic (exact) mass is 1410 g/mol. The van der Waals surface area contributed by atoms with Crippen LogP contribution < -0.4 is 0 Å². The minimum atomic E-state index is -5.01. The molecule has 0 fully saturated rings. The summed E-state index contributed by atoms with van der Waals surface area (Å²) < 4.78 is 68.2. The smallest absolute Gasteiger partial charge is 0.462 e. The number of hydrogen-bond donors (Lipinski definition) is 3. The van der Waals surface area contributed by atoms with Gasteiger partial charge in [-0.2, -0.15) is 0 Å². The lowest BCUT2D eigenvalue weighted by Gasteiger charge is -2.21. The van der Waals surface area contributed by atoms with E-state index in [0.717, 1.165) is 154 Å². The highest BCUT2D eigenvalue weighted by Crippen LogP contribution is 2.45. The number of aliphatic hydroxyl groups is 1. The molecule has 0 heterocycles. The van der Waals surface area contributed by atoms with E-state index in [1.54, 1.807) is 12.2 Å². The third-order valence-corrected chi connectivity index (χ3v) is 16.7. The molecule has 0 bridgehead atoms. The first-order chi connectivity index (χ1) is 47.7. The number of carbonyl (C=O) groups excluding carboxylic acids is 4. The van der Waals surface area contributed by atoms with Gasteiger partial charge in [0.2, 0.25) is 0 Å². The fourth-order valence-corrected chi connectivity index (χ4v) is 10.8. The molecule has 0 amide bonds. The molecular weight excluding hydrogens is 1280 g/mol. The number of unbranched alkanes of at least 4 members (excludes halogenated alkanes) is 19. The zero-order valence-electron chi connectivity index (χ0n) is 60.7. The highest BCUT2D eigenvalue weighted by Gasteiger charge is 2.30. The van der Waals surface area contributed by atoms with Crippen molar-refractivity contribution in [2.75, 3.05) is 39.6 Å². The highest BCUT2D eigenvalue weighted by molar-refractivity contribution is 7.47. The Morgan fingerprint density at radius 3 is 0.959 bits per heavy atom. The van der Waals surface area contributed by atoms with Crippen LogP contribution in [0.5, 0.6) is 0 Å². The molecule has 0 rings (SSSR count). The van der Waals surface area contributed by atoms with Gasteiger partial charge in [0.25, 0.3) is 0 Å². The molecule has 0 aromatic rings. The Kier molecular flexibility index (Phi) is 66.7. The molecule has 5 atom stereocenters. The number of phosphoric ester groups is 2. The van der Waals surface area contributed by atoms with Gasteiger partial charge in [-0.05, 0) is 122 Å². The predicted octanol–water partition coefficient (Wildman–Crippen LogP) is 21.1. The Labute approximate surface area is 592 Å². The van der Waals surface area contributed by atoms with Crippen LogP contribution in [-0.4, -0.2) is 96.7 Å². The van der Waals surface area contributed by atoms with Gasteiger partial charge in [0.1, 0.15) is 19.3 Å². The van der Waals surface area contributed by atoms with Crippen molar-refractivity contribution in [3.8, 4) is 0 Å². The van der Waals surface area contributed by atoms with Crippen molar-refractivity contribution in [2.45, 2.75) is 290 Å². The first-order valence-corrected chi connectivity index (χ1v) is 40.1. The van der Waals surface area contributed by atoms with Crippen LogP contribution >= 0.6 is 15.6 Å². The van der Waals surface area contributed by atoms with Gasteiger partial charge in [-0.25, -0.2) is 9.13 Å². The molecule has 5 unspecified atom stereocenters. The number of rotatable bonds is 68. The Morgan fingerprint density at radius 1 is 0.306 bits per heavy atom. The lowest BCUT2D eigenvalue weighted by atomic mass is 10.1. The number of hydrogen-bond acceptors (Lipinski definition) is 15. The second kappa shape index (κ2) is 70.4. The number of aliphatic hydroxyl groups excluding tert-OH is 1. The van der Waals surface area contributed by atoms with Crippen LogP contribution in [0.2, 0.25) is 0 Å². The molecule has 17 nitrogen and oxygen atoms in total. The van der Waals surface area contributed by atoms with E-state index in [2.05, 4.69) is 149 Å². The number of esters is 4. The van der Waals surface area contributed by atoms with Crippen molar-refractivity contribution >= 4 is 39.5 Å². The molecule has 0 aliphatic carbocycles. The van der Waals surface area contributed by atoms with Crippen LogP contribution in [0, 0.1) is 0 Å². The fraction of sp³-hybridized carbons (Fsp3) is 0.646. The molecule has 3 N–H and O–H groups in total. The first-order valence-electron chi connectivity index (χ1n) is 37.1. The molecule has 0 aliphatic rings. The van der Waals surface area contributed by atoms with E-state index in [1.807, 2.05) is 12.2 Å². The third kappa shape index (κ3) is 69.4. The van der Waals surface area contributed by atoms with Crippen molar-refractivity contribution in [3.05, 3.63) is 146 Å². The molecule has 19 heteroatoms. The quantitative estimate of drug-likeness (QED) is 0.0169. The van der Waals surface area contributed by atoms with E-state index < -0.39 is 97.5 Å². The van der Waals surface area contributed by atoms with E-state index in [9.17, 15) is 43.2 Å². The van der Waals surface area contributed by atoms with Gasteiger partial charge in [0, 0.05) is 19.3 Å². The van der Waals surface area contributed by atoms with Crippen LogP contribution in [0.15, 0.2) is 146 Å². The number of phosphoric acid groups is 2. The lowest BCUT2D eigenvalue weighted by Crippen LogP contribution is -2.30. The van der Waals surface area contributed by atoms with Crippen molar-refractivity contribution in [1.29, 1.82) is 0 Å². The Hall–Kier alpha value is -5.06. The molecule has 98 heavy (non-hydrogen) atoms. The maximum absolute atomic E-state index is 13.1. The second-order valence-electron chi connectivity index (χ2n) is 24.1. The van der Waals surface area contributed by atoms with E-state index in [-0.39, 0.29) is 25.7 Å². The molecule has 0 aliphatic heterocycles. The zero-order chi connectivity index (χ0) is 71.8. The maximum Gasteiger partial charge on any atom is 0.472 e. The van der Waals surface area contributed by atoms with E-state index >= 15 is 0 Å². The number of allylic oxidation sites excluding steroid dienone is 23. The van der Waals surface area contributed by atoms with Gasteiger partial charge in [0.15, 0.2) is 12.2 Å². The minimum Gasteiger partial charge on any atom is -0.462 e. The van der Waals surface area contributed by atoms with Crippen molar-refractivity contribution in [3.63, 3.8) is 0 Å². The van der Waals surface area contributed by atoms with Crippen LogP contribution in [0.3, 0.4) is 0 Å². The van der Waals surface area contributed by atoms with Gasteiger partial charge in [0.05, 0.1) is 32.8 Å². The maximum atomic E-state index is 13.1. The predicted molar refractivity (Wildman–Crippen MR) is 399 cm³/mol. The molecule has 0 aromatic heterocycles. The lowest BCUT2D eigenvalue weighted by molar-refractivity contribution is -0.161. The summed E-state index contributed by atoms with van der Waals surface area (Å²) in [6, 6.07) is 0. The summed E-state index contributed by atoms with van der Waals surface area (Å²) in [5.41, 5.74) is 0. The second-order valence-corrected chi connectivity index (χ2v) is 27.0. The van der Waals surface area contributed by atoms with Crippen LogP contribution in [0.4, 0.5) is 0 Å².